The lowest BCUT2D eigenvalue weighted by molar-refractivity contribution is -0.258. The number of nitrogens with zero attached hydrogens (tertiary/aromatic N) is 2. The fourth-order valence-electron chi connectivity index (χ4n) is 3.88. The lowest BCUT2D eigenvalue weighted by Crippen LogP contribution is -2.40. The van der Waals surface area contributed by atoms with E-state index in [1.54, 1.807) is 18.1 Å². The van der Waals surface area contributed by atoms with Gasteiger partial charge in [-0.3, -0.25) is 9.78 Å². The van der Waals surface area contributed by atoms with Gasteiger partial charge in [-0.25, -0.2) is 0 Å². The van der Waals surface area contributed by atoms with Gasteiger partial charge in [-0.1, -0.05) is 18.2 Å². The van der Waals surface area contributed by atoms with E-state index < -0.39 is 11.8 Å². The molecule has 156 valence electrons. The number of amides is 1. The van der Waals surface area contributed by atoms with Crippen molar-refractivity contribution < 1.29 is 23.1 Å². The number of benzene rings is 1. The van der Waals surface area contributed by atoms with Crippen molar-refractivity contribution in [3.8, 4) is 0 Å². The Hall–Kier alpha value is -2.41. The summed E-state index contributed by atoms with van der Waals surface area (Å²) >= 11 is 0. The van der Waals surface area contributed by atoms with Gasteiger partial charge in [0.2, 0.25) is 0 Å². The third-order valence-electron chi connectivity index (χ3n) is 5.97. The standard InChI is InChI=1S/C22H25F3N2O2/c1-21(29,22(23,24)25)18-9-5-16(6-10-18)20(28)27(2)19-11-7-15(8-12-19)17-4-3-13-26-14-17/h3-6,9-10,13-15,19,29H,7-8,11-12H2,1-2H3/t15-,19+,21-/m0/s1. The fraction of sp³-hybridized carbons (Fsp3) is 0.455. The van der Waals surface area contributed by atoms with Gasteiger partial charge >= 0.3 is 6.18 Å². The largest absolute Gasteiger partial charge is 0.421 e. The summed E-state index contributed by atoms with van der Waals surface area (Å²) in [6.45, 7) is 0.705. The van der Waals surface area contributed by atoms with Gasteiger partial charge in [0, 0.05) is 31.0 Å². The summed E-state index contributed by atoms with van der Waals surface area (Å²) in [6.07, 6.45) is 2.49. The van der Waals surface area contributed by atoms with Gasteiger partial charge < -0.3 is 10.0 Å². The molecule has 0 unspecified atom stereocenters. The van der Waals surface area contributed by atoms with Crippen molar-refractivity contribution in [2.24, 2.45) is 0 Å². The second kappa shape index (κ2) is 8.14. The van der Waals surface area contributed by atoms with E-state index in [0.717, 1.165) is 37.8 Å². The molecule has 1 aliphatic rings. The highest BCUT2D eigenvalue weighted by atomic mass is 19.4. The maximum absolute atomic E-state index is 13.0. The topological polar surface area (TPSA) is 53.4 Å². The van der Waals surface area contributed by atoms with E-state index in [4.69, 9.17) is 0 Å². The van der Waals surface area contributed by atoms with Crippen molar-refractivity contribution in [2.45, 2.75) is 56.3 Å². The lowest BCUT2D eigenvalue weighted by atomic mass is 9.82. The number of aromatic nitrogens is 1. The lowest BCUT2D eigenvalue weighted by Gasteiger charge is -2.35. The highest BCUT2D eigenvalue weighted by molar-refractivity contribution is 5.94. The monoisotopic (exact) mass is 406 g/mol. The number of pyridine rings is 1. The first-order valence-electron chi connectivity index (χ1n) is 9.68. The second-order valence-corrected chi connectivity index (χ2v) is 7.86. The molecule has 4 nitrogen and oxygen atoms in total. The normalized spacial score (nSPS) is 22.0. The summed E-state index contributed by atoms with van der Waals surface area (Å²) in [5.41, 5.74) is -1.72. The summed E-state index contributed by atoms with van der Waals surface area (Å²) in [6, 6.07) is 9.10. The van der Waals surface area contributed by atoms with Gasteiger partial charge in [0.15, 0.2) is 5.60 Å². The zero-order valence-electron chi connectivity index (χ0n) is 16.5. The molecule has 0 spiro atoms. The van der Waals surface area contributed by atoms with Crippen LogP contribution in [0.4, 0.5) is 13.2 Å². The molecule has 0 aliphatic heterocycles. The Bertz CT molecular complexity index is 827. The van der Waals surface area contributed by atoms with E-state index in [2.05, 4.69) is 11.1 Å². The van der Waals surface area contributed by atoms with E-state index in [9.17, 15) is 23.1 Å². The minimum atomic E-state index is -4.79. The predicted molar refractivity (Wildman–Crippen MR) is 103 cm³/mol. The smallest absolute Gasteiger partial charge is 0.376 e. The molecule has 1 aromatic heterocycles. The van der Waals surface area contributed by atoms with Crippen LogP contribution in [0.5, 0.6) is 0 Å². The van der Waals surface area contributed by atoms with Crippen molar-refractivity contribution in [1.29, 1.82) is 0 Å². The summed E-state index contributed by atoms with van der Waals surface area (Å²) in [7, 11) is 1.73. The molecule has 1 saturated carbocycles. The Balaban J connectivity index is 1.63. The van der Waals surface area contributed by atoms with Crippen LogP contribution in [-0.2, 0) is 5.60 Å². The van der Waals surface area contributed by atoms with Crippen LogP contribution in [0.15, 0.2) is 48.8 Å². The first-order valence-corrected chi connectivity index (χ1v) is 9.68. The van der Waals surface area contributed by atoms with Crippen LogP contribution in [0, 0.1) is 0 Å². The van der Waals surface area contributed by atoms with Gasteiger partial charge in [-0.05, 0) is 67.9 Å². The number of alkyl halides is 3. The molecule has 1 amide bonds. The van der Waals surface area contributed by atoms with Crippen LogP contribution in [0.1, 0.15) is 60.0 Å². The maximum atomic E-state index is 13.0. The number of rotatable bonds is 4. The number of halogens is 3. The quantitative estimate of drug-likeness (QED) is 0.804. The molecular formula is C22H25F3N2O2. The first kappa shape index (κ1) is 21.3. The van der Waals surface area contributed by atoms with Crippen LogP contribution in [0.25, 0.3) is 0 Å². The summed E-state index contributed by atoms with van der Waals surface area (Å²) in [5.74, 6) is 0.209. The van der Waals surface area contributed by atoms with E-state index in [0.29, 0.717) is 18.4 Å². The summed E-state index contributed by atoms with van der Waals surface area (Å²) in [5, 5.41) is 9.76. The Morgan fingerprint density at radius 3 is 2.24 bits per heavy atom. The highest BCUT2D eigenvalue weighted by Gasteiger charge is 2.51. The number of carbonyl (C=O) groups is 1. The predicted octanol–water partition coefficient (Wildman–Crippen LogP) is 4.65. The van der Waals surface area contributed by atoms with Gasteiger partial charge in [-0.2, -0.15) is 13.2 Å². The molecular weight excluding hydrogens is 381 g/mol. The van der Waals surface area contributed by atoms with Gasteiger partial charge in [0.25, 0.3) is 5.91 Å². The maximum Gasteiger partial charge on any atom is 0.421 e. The van der Waals surface area contributed by atoms with Crippen molar-refractivity contribution in [1.82, 2.24) is 9.88 Å². The van der Waals surface area contributed by atoms with Crippen molar-refractivity contribution in [2.75, 3.05) is 7.05 Å². The van der Waals surface area contributed by atoms with Crippen LogP contribution < -0.4 is 0 Å². The third kappa shape index (κ3) is 4.45. The zero-order chi connectivity index (χ0) is 21.2. The average molecular weight is 406 g/mol. The number of hydrogen-bond acceptors (Lipinski definition) is 3. The Morgan fingerprint density at radius 1 is 1.10 bits per heavy atom. The molecule has 0 radical (unpaired) electrons. The minimum absolute atomic E-state index is 0.0911. The number of carbonyl (C=O) groups excluding carboxylic acids is 1. The molecule has 1 heterocycles. The molecule has 29 heavy (non-hydrogen) atoms. The van der Waals surface area contributed by atoms with Crippen molar-refractivity contribution in [3.05, 3.63) is 65.5 Å². The molecule has 1 N–H and O–H groups in total. The minimum Gasteiger partial charge on any atom is -0.376 e. The molecule has 1 fully saturated rings. The SMILES string of the molecule is CN(C(=O)c1ccc([C@](C)(O)C(F)(F)F)cc1)[C@H]1CC[C@@H](c2cccnc2)CC1. The number of hydrogen-bond donors (Lipinski definition) is 1. The van der Waals surface area contributed by atoms with Gasteiger partial charge in [0.05, 0.1) is 0 Å². The van der Waals surface area contributed by atoms with Gasteiger partial charge in [0.1, 0.15) is 0 Å². The van der Waals surface area contributed by atoms with Crippen LogP contribution >= 0.6 is 0 Å². The van der Waals surface area contributed by atoms with Crippen molar-refractivity contribution in [3.63, 3.8) is 0 Å². The van der Waals surface area contributed by atoms with Gasteiger partial charge in [-0.15, -0.1) is 0 Å². The molecule has 3 rings (SSSR count). The molecule has 7 heteroatoms. The van der Waals surface area contributed by atoms with E-state index in [1.165, 1.54) is 17.7 Å². The first-order chi connectivity index (χ1) is 13.6. The summed E-state index contributed by atoms with van der Waals surface area (Å²) in [4.78, 5) is 18.6. The highest BCUT2D eigenvalue weighted by Crippen LogP contribution is 2.38. The van der Waals surface area contributed by atoms with Crippen LogP contribution in [0.2, 0.25) is 0 Å². The Labute approximate surface area is 168 Å². The molecule has 0 saturated heterocycles. The van der Waals surface area contributed by atoms with E-state index in [1.807, 2.05) is 12.3 Å². The Kier molecular flexibility index (Phi) is 5.98. The Morgan fingerprint density at radius 2 is 1.72 bits per heavy atom. The van der Waals surface area contributed by atoms with Crippen LogP contribution in [0.3, 0.4) is 0 Å². The summed E-state index contributed by atoms with van der Waals surface area (Å²) < 4.78 is 38.9. The van der Waals surface area contributed by atoms with Crippen molar-refractivity contribution >= 4 is 5.91 Å². The third-order valence-corrected chi connectivity index (χ3v) is 5.97. The molecule has 1 aliphatic carbocycles. The second-order valence-electron chi connectivity index (χ2n) is 7.86. The number of aliphatic hydroxyl groups is 1. The average Bonchev–Trinajstić information content (AvgIpc) is 2.73. The van der Waals surface area contributed by atoms with E-state index >= 15 is 0 Å². The zero-order valence-corrected chi connectivity index (χ0v) is 16.5. The molecule has 0 bridgehead atoms. The fourth-order valence-corrected chi connectivity index (χ4v) is 3.88. The molecule has 1 atom stereocenters. The van der Waals surface area contributed by atoms with Crippen LogP contribution in [-0.4, -0.2) is 40.2 Å². The molecule has 2 aromatic rings. The van der Waals surface area contributed by atoms with E-state index in [-0.39, 0.29) is 17.5 Å². The molecule has 1 aromatic carbocycles.